The molecule has 3 rings (SSSR count). The zero-order valence-electron chi connectivity index (χ0n) is 14.7. The van der Waals surface area contributed by atoms with Gasteiger partial charge in [0.05, 0.1) is 12.6 Å². The molecule has 1 saturated carbocycles. The summed E-state index contributed by atoms with van der Waals surface area (Å²) < 4.78 is 6.05. The first-order valence-electron chi connectivity index (χ1n) is 9.28. The van der Waals surface area contributed by atoms with Gasteiger partial charge in [-0.2, -0.15) is 0 Å². The van der Waals surface area contributed by atoms with Crippen LogP contribution in [0, 0.1) is 0 Å². The molecule has 2 aliphatic rings. The number of nitrogens with one attached hydrogen (secondary N) is 1. The van der Waals surface area contributed by atoms with E-state index in [1.165, 1.54) is 25.8 Å². The zero-order chi connectivity index (χ0) is 16.8. The lowest BCUT2D eigenvalue weighted by molar-refractivity contribution is 0.119. The maximum atomic E-state index is 6.05. The zero-order valence-corrected chi connectivity index (χ0v) is 14.7. The first kappa shape index (κ1) is 17.1. The second kappa shape index (κ2) is 8.38. The molecule has 1 atom stereocenters. The van der Waals surface area contributed by atoms with Crippen molar-refractivity contribution in [1.29, 1.82) is 0 Å². The quantitative estimate of drug-likeness (QED) is 0.596. The van der Waals surface area contributed by atoms with Gasteiger partial charge < -0.3 is 15.8 Å². The first-order chi connectivity index (χ1) is 11.8. The van der Waals surface area contributed by atoms with Gasteiger partial charge in [0, 0.05) is 18.2 Å². The number of nitrogens with zero attached hydrogens (tertiary/aromatic N) is 2. The van der Waals surface area contributed by atoms with Crippen LogP contribution < -0.4 is 15.8 Å². The summed E-state index contributed by atoms with van der Waals surface area (Å²) in [5.74, 6) is 1.48. The van der Waals surface area contributed by atoms with Crippen molar-refractivity contribution in [1.82, 2.24) is 10.2 Å². The Kier molecular flexibility index (Phi) is 5.96. The van der Waals surface area contributed by atoms with Crippen LogP contribution in [0.15, 0.2) is 29.3 Å². The Morgan fingerprint density at radius 3 is 2.88 bits per heavy atom. The van der Waals surface area contributed by atoms with E-state index >= 15 is 0 Å². The number of likely N-dealkylation sites (N-methyl/N-ethyl adjacent to an activating group) is 1. The van der Waals surface area contributed by atoms with Crippen LogP contribution in [0.1, 0.15) is 44.6 Å². The van der Waals surface area contributed by atoms with Crippen LogP contribution >= 0.6 is 0 Å². The van der Waals surface area contributed by atoms with Crippen LogP contribution in [0.2, 0.25) is 0 Å². The summed E-state index contributed by atoms with van der Waals surface area (Å²) in [4.78, 5) is 7.00. The van der Waals surface area contributed by atoms with Crippen LogP contribution in [0.4, 0.5) is 0 Å². The maximum absolute atomic E-state index is 6.05. The largest absolute Gasteiger partial charge is 0.490 e. The molecule has 1 aromatic rings. The molecule has 1 aliphatic heterocycles. The molecule has 24 heavy (non-hydrogen) atoms. The van der Waals surface area contributed by atoms with E-state index in [-0.39, 0.29) is 0 Å². The van der Waals surface area contributed by atoms with Gasteiger partial charge in [-0.25, -0.2) is 4.99 Å². The van der Waals surface area contributed by atoms with Gasteiger partial charge in [0.2, 0.25) is 0 Å². The molecule has 0 bridgehead atoms. The summed E-state index contributed by atoms with van der Waals surface area (Å²) in [6.07, 6.45) is 6.51. The van der Waals surface area contributed by atoms with Gasteiger partial charge >= 0.3 is 0 Å². The monoisotopic (exact) mass is 330 g/mol. The van der Waals surface area contributed by atoms with E-state index in [9.17, 15) is 0 Å². The lowest BCUT2D eigenvalue weighted by atomic mass is 9.96. The normalized spacial score (nSPS) is 22.4. The van der Waals surface area contributed by atoms with E-state index in [4.69, 9.17) is 10.5 Å². The Balaban J connectivity index is 1.51. The SMILES string of the molecule is CCN1CCCC1CNC(N)=NCc1ccccc1OC1CCC1. The predicted molar refractivity (Wildman–Crippen MR) is 98.3 cm³/mol. The summed E-state index contributed by atoms with van der Waals surface area (Å²) in [6, 6.07) is 8.73. The predicted octanol–water partition coefficient (Wildman–Crippen LogP) is 2.51. The van der Waals surface area contributed by atoms with Crippen LogP contribution in [-0.2, 0) is 6.54 Å². The van der Waals surface area contributed by atoms with Crippen molar-refractivity contribution in [2.24, 2.45) is 10.7 Å². The summed E-state index contributed by atoms with van der Waals surface area (Å²) in [7, 11) is 0. The van der Waals surface area contributed by atoms with Crippen molar-refractivity contribution in [2.45, 2.75) is 57.7 Å². The van der Waals surface area contributed by atoms with Gasteiger partial charge in [-0.05, 0) is 51.3 Å². The molecule has 3 N–H and O–H groups in total. The highest BCUT2D eigenvalue weighted by molar-refractivity contribution is 5.77. The maximum Gasteiger partial charge on any atom is 0.188 e. The average molecular weight is 330 g/mol. The number of rotatable bonds is 7. The number of likely N-dealkylation sites (tertiary alicyclic amines) is 1. The Morgan fingerprint density at radius 2 is 2.12 bits per heavy atom. The molecule has 1 aromatic carbocycles. The summed E-state index contributed by atoms with van der Waals surface area (Å²) in [5, 5.41) is 3.29. The summed E-state index contributed by atoms with van der Waals surface area (Å²) in [6.45, 7) is 5.96. The van der Waals surface area contributed by atoms with E-state index in [0.717, 1.165) is 37.2 Å². The van der Waals surface area contributed by atoms with E-state index in [1.54, 1.807) is 0 Å². The fraction of sp³-hybridized carbons (Fsp3) is 0.632. The Bertz CT molecular complexity index is 556. The van der Waals surface area contributed by atoms with Crippen molar-refractivity contribution >= 4 is 5.96 Å². The molecule has 0 radical (unpaired) electrons. The van der Waals surface area contributed by atoms with Gasteiger partial charge in [-0.15, -0.1) is 0 Å². The fourth-order valence-electron chi connectivity index (χ4n) is 3.41. The number of para-hydroxylation sites is 1. The van der Waals surface area contributed by atoms with Crippen LogP contribution in [0.3, 0.4) is 0 Å². The lowest BCUT2D eigenvalue weighted by Gasteiger charge is -2.27. The minimum absolute atomic E-state index is 0.382. The first-order valence-corrected chi connectivity index (χ1v) is 9.28. The average Bonchev–Trinajstić information content (AvgIpc) is 3.02. The highest BCUT2D eigenvalue weighted by Crippen LogP contribution is 2.27. The molecule has 1 unspecified atom stereocenters. The molecule has 0 amide bonds. The topological polar surface area (TPSA) is 62.9 Å². The summed E-state index contributed by atoms with van der Waals surface area (Å²) in [5.41, 5.74) is 7.16. The molecular formula is C19H30N4O. The molecule has 1 heterocycles. The van der Waals surface area contributed by atoms with Gasteiger partial charge in [-0.3, -0.25) is 4.90 Å². The van der Waals surface area contributed by atoms with Crippen molar-refractivity contribution in [3.63, 3.8) is 0 Å². The standard InChI is InChI=1S/C19H30N4O/c1-2-23-12-6-8-16(23)14-22-19(20)21-13-15-7-3-4-11-18(15)24-17-9-5-10-17/h3-4,7,11,16-17H,2,5-6,8-10,12-14H2,1H3,(H3,20,21,22). The number of ether oxygens (including phenoxy) is 1. The van der Waals surface area contributed by atoms with Crippen molar-refractivity contribution in [3.05, 3.63) is 29.8 Å². The Labute approximate surface area is 145 Å². The number of benzene rings is 1. The number of hydrogen-bond donors (Lipinski definition) is 2. The van der Waals surface area contributed by atoms with Crippen LogP contribution in [0.5, 0.6) is 5.75 Å². The molecule has 132 valence electrons. The molecule has 2 fully saturated rings. The molecule has 5 nitrogen and oxygen atoms in total. The molecule has 0 spiro atoms. The van der Waals surface area contributed by atoms with E-state index in [1.807, 2.05) is 18.2 Å². The fourth-order valence-corrected chi connectivity index (χ4v) is 3.41. The Hall–Kier alpha value is -1.75. The van der Waals surface area contributed by atoms with Crippen LogP contribution in [-0.4, -0.2) is 42.6 Å². The van der Waals surface area contributed by atoms with Gasteiger partial charge in [0.1, 0.15) is 5.75 Å². The van der Waals surface area contributed by atoms with Crippen molar-refractivity contribution in [2.75, 3.05) is 19.6 Å². The second-order valence-corrected chi connectivity index (χ2v) is 6.79. The minimum Gasteiger partial charge on any atom is -0.490 e. The molecule has 5 heteroatoms. The summed E-state index contributed by atoms with van der Waals surface area (Å²) >= 11 is 0. The highest BCUT2D eigenvalue weighted by atomic mass is 16.5. The van der Waals surface area contributed by atoms with Gasteiger partial charge in [0.15, 0.2) is 5.96 Å². The molecule has 1 saturated heterocycles. The molecule has 1 aliphatic carbocycles. The smallest absolute Gasteiger partial charge is 0.188 e. The highest BCUT2D eigenvalue weighted by Gasteiger charge is 2.22. The van der Waals surface area contributed by atoms with E-state index < -0.39 is 0 Å². The third kappa shape index (κ3) is 4.41. The number of hydrogen-bond acceptors (Lipinski definition) is 3. The third-order valence-electron chi connectivity index (χ3n) is 5.16. The van der Waals surface area contributed by atoms with Gasteiger partial charge in [0.25, 0.3) is 0 Å². The van der Waals surface area contributed by atoms with Crippen molar-refractivity contribution < 1.29 is 4.74 Å². The minimum atomic E-state index is 0.382. The molecular weight excluding hydrogens is 300 g/mol. The Morgan fingerprint density at radius 1 is 1.29 bits per heavy atom. The van der Waals surface area contributed by atoms with E-state index in [2.05, 4.69) is 28.2 Å². The number of guanidine groups is 1. The second-order valence-electron chi connectivity index (χ2n) is 6.79. The lowest BCUT2D eigenvalue weighted by Crippen LogP contribution is -2.42. The van der Waals surface area contributed by atoms with Crippen LogP contribution in [0.25, 0.3) is 0 Å². The van der Waals surface area contributed by atoms with E-state index in [0.29, 0.717) is 24.7 Å². The molecule has 0 aromatic heterocycles. The van der Waals surface area contributed by atoms with Gasteiger partial charge in [-0.1, -0.05) is 25.1 Å². The number of aliphatic imine (C=N–C) groups is 1. The number of nitrogens with two attached hydrogens (primary N) is 1. The van der Waals surface area contributed by atoms with Crippen molar-refractivity contribution in [3.8, 4) is 5.75 Å². The third-order valence-corrected chi connectivity index (χ3v) is 5.16.